The molecule has 1 aromatic heterocycles. The third kappa shape index (κ3) is 4.35. The number of nitrogens with zero attached hydrogens (tertiary/aromatic N) is 2. The van der Waals surface area contributed by atoms with Gasteiger partial charge in [-0.15, -0.1) is 0 Å². The largest absolute Gasteiger partial charge is 0.385 e. The molecule has 110 valence electrons. The van der Waals surface area contributed by atoms with Crippen molar-refractivity contribution in [1.82, 2.24) is 9.55 Å². The highest BCUT2D eigenvalue weighted by atomic mass is 32.2. The van der Waals surface area contributed by atoms with Crippen LogP contribution in [0.15, 0.2) is 46.3 Å². The molecule has 21 heavy (non-hydrogen) atoms. The van der Waals surface area contributed by atoms with E-state index >= 15 is 0 Å². The highest BCUT2D eigenvalue weighted by Gasteiger charge is 2.09. The van der Waals surface area contributed by atoms with Crippen LogP contribution in [0.4, 0.5) is 5.82 Å². The summed E-state index contributed by atoms with van der Waals surface area (Å²) in [6.07, 6.45) is 0.750. The van der Waals surface area contributed by atoms with Crippen LogP contribution >= 0.6 is 11.8 Å². The van der Waals surface area contributed by atoms with Crippen molar-refractivity contribution in [2.24, 2.45) is 5.73 Å². The summed E-state index contributed by atoms with van der Waals surface area (Å²) in [6, 6.07) is 11.2. The number of carbonyl (C=O) groups is 1. The fourth-order valence-corrected chi connectivity index (χ4v) is 2.64. The molecular weight excluding hydrogens is 288 g/mol. The topological polar surface area (TPSA) is 104 Å². The number of anilines is 1. The Bertz CT molecular complexity index is 685. The Morgan fingerprint density at radius 2 is 2.00 bits per heavy atom. The molecule has 0 atom stereocenters. The van der Waals surface area contributed by atoms with Crippen LogP contribution in [-0.2, 0) is 17.8 Å². The Morgan fingerprint density at radius 1 is 1.29 bits per heavy atom. The Morgan fingerprint density at radius 3 is 2.67 bits per heavy atom. The van der Waals surface area contributed by atoms with Crippen molar-refractivity contribution >= 4 is 23.5 Å². The second kappa shape index (κ2) is 6.94. The van der Waals surface area contributed by atoms with Crippen molar-refractivity contribution in [1.29, 1.82) is 0 Å². The van der Waals surface area contributed by atoms with E-state index in [1.54, 1.807) is 4.57 Å². The lowest BCUT2D eigenvalue weighted by molar-refractivity contribution is -0.115. The van der Waals surface area contributed by atoms with Crippen molar-refractivity contribution in [3.05, 3.63) is 52.3 Å². The van der Waals surface area contributed by atoms with Crippen LogP contribution in [0.2, 0.25) is 0 Å². The Labute approximate surface area is 126 Å². The maximum Gasteiger partial charge on any atom is 0.275 e. The summed E-state index contributed by atoms with van der Waals surface area (Å²) in [4.78, 5) is 26.2. The van der Waals surface area contributed by atoms with Crippen molar-refractivity contribution in [2.45, 2.75) is 18.1 Å². The molecule has 0 saturated heterocycles. The molecule has 2 aromatic rings. The van der Waals surface area contributed by atoms with Gasteiger partial charge in [0.1, 0.15) is 5.82 Å². The summed E-state index contributed by atoms with van der Waals surface area (Å²) in [6.45, 7) is 0.574. The molecule has 0 unspecified atom stereocenters. The number of hydrogen-bond donors (Lipinski definition) is 2. The molecule has 1 heterocycles. The van der Waals surface area contributed by atoms with Gasteiger partial charge >= 0.3 is 0 Å². The smallest absolute Gasteiger partial charge is 0.275 e. The quantitative estimate of drug-likeness (QED) is 0.602. The van der Waals surface area contributed by atoms with E-state index < -0.39 is 11.5 Å². The highest BCUT2D eigenvalue weighted by Crippen LogP contribution is 2.17. The zero-order chi connectivity index (χ0) is 15.2. The summed E-state index contributed by atoms with van der Waals surface area (Å²) in [5.41, 5.74) is 11.7. The van der Waals surface area contributed by atoms with Crippen LogP contribution in [0.1, 0.15) is 5.56 Å². The van der Waals surface area contributed by atoms with Crippen LogP contribution in [0.25, 0.3) is 0 Å². The second-order valence-electron chi connectivity index (χ2n) is 4.44. The van der Waals surface area contributed by atoms with Gasteiger partial charge in [-0.2, -0.15) is 4.98 Å². The molecule has 7 heteroatoms. The van der Waals surface area contributed by atoms with Gasteiger partial charge in [-0.3, -0.25) is 9.59 Å². The normalized spacial score (nSPS) is 10.5. The summed E-state index contributed by atoms with van der Waals surface area (Å²) in [7, 11) is 0. The van der Waals surface area contributed by atoms with E-state index in [9.17, 15) is 9.59 Å². The summed E-state index contributed by atoms with van der Waals surface area (Å²) in [5, 5.41) is 0.412. The molecule has 0 saturated carbocycles. The summed E-state index contributed by atoms with van der Waals surface area (Å²) < 4.78 is 1.72. The first-order chi connectivity index (χ1) is 10.1. The average Bonchev–Trinajstić information content (AvgIpc) is 2.45. The first-order valence-corrected chi connectivity index (χ1v) is 7.37. The molecule has 0 fully saturated rings. The molecule has 4 N–H and O–H groups in total. The van der Waals surface area contributed by atoms with E-state index in [0.717, 1.165) is 23.7 Å². The molecule has 1 amide bonds. The van der Waals surface area contributed by atoms with Gasteiger partial charge in [0, 0.05) is 12.6 Å². The van der Waals surface area contributed by atoms with Gasteiger partial charge in [-0.25, -0.2) is 0 Å². The van der Waals surface area contributed by atoms with Crippen LogP contribution in [0.5, 0.6) is 0 Å². The molecule has 6 nitrogen and oxygen atoms in total. The van der Waals surface area contributed by atoms with E-state index in [1.807, 2.05) is 30.3 Å². The first kappa shape index (κ1) is 15.1. The summed E-state index contributed by atoms with van der Waals surface area (Å²) in [5.74, 6) is -0.0782. The standard InChI is InChI=1S/C14H16N4O2S/c15-11-8-13(20)17-14(21-9-12(16)19)18(11)7-6-10-4-2-1-3-5-10/h1-5,8H,6-7,9,15H2,(H2,16,19). The number of thioether (sulfide) groups is 1. The van der Waals surface area contributed by atoms with E-state index in [0.29, 0.717) is 17.5 Å². The second-order valence-corrected chi connectivity index (χ2v) is 5.39. The predicted molar refractivity (Wildman–Crippen MR) is 83.0 cm³/mol. The lowest BCUT2D eigenvalue weighted by Crippen LogP contribution is -2.20. The van der Waals surface area contributed by atoms with Crippen LogP contribution in [0, 0.1) is 0 Å². The minimum Gasteiger partial charge on any atom is -0.385 e. The number of hydrogen-bond acceptors (Lipinski definition) is 5. The molecule has 0 aliphatic rings. The number of nitrogens with two attached hydrogens (primary N) is 2. The zero-order valence-corrected chi connectivity index (χ0v) is 12.2. The fraction of sp³-hybridized carbons (Fsp3) is 0.214. The van der Waals surface area contributed by atoms with E-state index in [2.05, 4.69) is 4.98 Å². The van der Waals surface area contributed by atoms with Gasteiger partial charge in [0.15, 0.2) is 5.16 Å². The van der Waals surface area contributed by atoms with Crippen LogP contribution < -0.4 is 17.0 Å². The number of aryl methyl sites for hydroxylation is 1. The molecule has 0 bridgehead atoms. The van der Waals surface area contributed by atoms with E-state index in [4.69, 9.17) is 11.5 Å². The van der Waals surface area contributed by atoms with Crippen LogP contribution in [-0.4, -0.2) is 21.2 Å². The van der Waals surface area contributed by atoms with Crippen molar-refractivity contribution in [3.8, 4) is 0 Å². The zero-order valence-electron chi connectivity index (χ0n) is 11.4. The maximum absolute atomic E-state index is 11.4. The molecule has 0 aliphatic heterocycles. The molecule has 0 aliphatic carbocycles. The lowest BCUT2D eigenvalue weighted by atomic mass is 10.1. The molecule has 0 spiro atoms. The number of nitrogen functional groups attached to an aromatic ring is 1. The third-order valence-corrected chi connectivity index (χ3v) is 3.83. The minimum absolute atomic E-state index is 0.0568. The van der Waals surface area contributed by atoms with Crippen molar-refractivity contribution < 1.29 is 4.79 Å². The number of primary amides is 1. The maximum atomic E-state index is 11.4. The minimum atomic E-state index is -0.466. The van der Waals surface area contributed by atoms with Gasteiger partial charge < -0.3 is 16.0 Å². The Hall–Kier alpha value is -2.28. The predicted octanol–water partition coefficient (Wildman–Crippen LogP) is 0.646. The third-order valence-electron chi connectivity index (χ3n) is 2.83. The Kier molecular flexibility index (Phi) is 4.99. The van der Waals surface area contributed by atoms with Gasteiger partial charge in [-0.1, -0.05) is 42.1 Å². The SMILES string of the molecule is NC(=O)CSc1nc(=O)cc(N)n1CCc1ccccc1. The fourth-order valence-electron chi connectivity index (χ4n) is 1.86. The molecule has 1 aromatic carbocycles. The van der Waals surface area contributed by atoms with E-state index in [1.165, 1.54) is 6.07 Å². The van der Waals surface area contributed by atoms with Crippen molar-refractivity contribution in [3.63, 3.8) is 0 Å². The number of aromatic nitrogens is 2. The monoisotopic (exact) mass is 304 g/mol. The van der Waals surface area contributed by atoms with Gasteiger partial charge in [0.2, 0.25) is 5.91 Å². The highest BCUT2D eigenvalue weighted by molar-refractivity contribution is 7.99. The van der Waals surface area contributed by atoms with Gasteiger partial charge in [-0.05, 0) is 12.0 Å². The first-order valence-electron chi connectivity index (χ1n) is 6.38. The molecular formula is C14H16N4O2S. The van der Waals surface area contributed by atoms with Gasteiger partial charge in [0.05, 0.1) is 5.75 Å². The summed E-state index contributed by atoms with van der Waals surface area (Å²) >= 11 is 1.12. The number of benzene rings is 1. The number of carbonyl (C=O) groups excluding carboxylic acids is 1. The number of amides is 1. The van der Waals surface area contributed by atoms with Crippen molar-refractivity contribution in [2.75, 3.05) is 11.5 Å². The average molecular weight is 304 g/mol. The molecule has 2 rings (SSSR count). The van der Waals surface area contributed by atoms with Crippen LogP contribution in [0.3, 0.4) is 0 Å². The Balaban J connectivity index is 2.20. The molecule has 0 radical (unpaired) electrons. The van der Waals surface area contributed by atoms with E-state index in [-0.39, 0.29) is 5.75 Å². The lowest BCUT2D eigenvalue weighted by Gasteiger charge is -2.14. The number of rotatable bonds is 6. The van der Waals surface area contributed by atoms with Gasteiger partial charge in [0.25, 0.3) is 5.56 Å².